The Morgan fingerprint density at radius 2 is 1.87 bits per heavy atom. The summed E-state index contributed by atoms with van der Waals surface area (Å²) in [7, 11) is 0. The van der Waals surface area contributed by atoms with Crippen molar-refractivity contribution in [3.63, 3.8) is 0 Å². The molecule has 7 heteroatoms. The van der Waals surface area contributed by atoms with Crippen LogP contribution < -0.4 is 5.32 Å². The quantitative estimate of drug-likeness (QED) is 0.494. The molecule has 1 aromatic heterocycles. The lowest BCUT2D eigenvalue weighted by Gasteiger charge is -2.09. The highest BCUT2D eigenvalue weighted by atomic mass is 16.3. The van der Waals surface area contributed by atoms with Gasteiger partial charge in [-0.15, -0.1) is 10.2 Å². The number of benzene rings is 2. The maximum Gasteiger partial charge on any atom is 0.266 e. The monoisotopic (exact) mass is 420 g/mol. The van der Waals surface area contributed by atoms with Gasteiger partial charge >= 0.3 is 0 Å². The number of nitrogens with zero attached hydrogens (tertiary/aromatic N) is 3. The predicted molar refractivity (Wildman–Crippen MR) is 121 cm³/mol. The number of aromatic hydroxyl groups is 1. The summed E-state index contributed by atoms with van der Waals surface area (Å²) in [5.74, 6) is -0.217. The first-order chi connectivity index (χ1) is 14.9. The smallest absolute Gasteiger partial charge is 0.266 e. The van der Waals surface area contributed by atoms with E-state index in [1.54, 1.807) is 24.3 Å². The van der Waals surface area contributed by atoms with E-state index in [4.69, 9.17) is 0 Å². The summed E-state index contributed by atoms with van der Waals surface area (Å²) >= 11 is 0. The number of rotatable bonds is 8. The minimum absolute atomic E-state index is 0.00943. The molecule has 31 heavy (non-hydrogen) atoms. The number of amides is 2. The average Bonchev–Trinajstić information content (AvgIpc) is 3.01. The van der Waals surface area contributed by atoms with Crippen LogP contribution in [0.15, 0.2) is 58.8 Å². The van der Waals surface area contributed by atoms with Gasteiger partial charge < -0.3 is 15.0 Å². The molecule has 0 aliphatic heterocycles. The van der Waals surface area contributed by atoms with Crippen molar-refractivity contribution in [1.82, 2.24) is 9.88 Å². The van der Waals surface area contributed by atoms with Crippen LogP contribution >= 0.6 is 0 Å². The zero-order valence-corrected chi connectivity index (χ0v) is 18.1. The third kappa shape index (κ3) is 5.57. The largest absolute Gasteiger partial charge is 0.493 e. The Morgan fingerprint density at radius 3 is 2.58 bits per heavy atom. The molecule has 3 aromatic rings. The Hall–Kier alpha value is -3.48. The molecule has 0 aliphatic rings. The molecular formula is C24H28N4O3. The molecule has 0 spiro atoms. The van der Waals surface area contributed by atoms with Crippen LogP contribution in [0.25, 0.3) is 10.9 Å². The topological polar surface area (TPSA) is 96.1 Å². The molecule has 0 aliphatic carbocycles. The van der Waals surface area contributed by atoms with Gasteiger partial charge in [-0.25, -0.2) is 0 Å². The lowest BCUT2D eigenvalue weighted by Crippen LogP contribution is -2.25. The van der Waals surface area contributed by atoms with Crippen LogP contribution in [0.3, 0.4) is 0 Å². The molecule has 3 rings (SSSR count). The van der Waals surface area contributed by atoms with Crippen LogP contribution in [0.4, 0.5) is 5.69 Å². The number of nitrogens with one attached hydrogen (secondary N) is 1. The van der Waals surface area contributed by atoms with Gasteiger partial charge in [-0.1, -0.05) is 43.7 Å². The van der Waals surface area contributed by atoms with Crippen molar-refractivity contribution in [3.8, 4) is 5.88 Å². The molecule has 2 N–H and O–H groups in total. The summed E-state index contributed by atoms with van der Waals surface area (Å²) in [6.07, 6.45) is 0.926. The van der Waals surface area contributed by atoms with Crippen LogP contribution in [0, 0.1) is 12.8 Å². The molecule has 1 heterocycles. The van der Waals surface area contributed by atoms with Crippen molar-refractivity contribution < 1.29 is 14.7 Å². The number of aryl methyl sites for hydroxylation is 2. The van der Waals surface area contributed by atoms with Crippen LogP contribution in [0.5, 0.6) is 5.88 Å². The van der Waals surface area contributed by atoms with E-state index in [9.17, 15) is 14.7 Å². The number of azo groups is 1. The molecule has 2 aromatic carbocycles. The van der Waals surface area contributed by atoms with E-state index in [0.717, 1.165) is 22.9 Å². The van der Waals surface area contributed by atoms with Crippen LogP contribution in [0.1, 0.15) is 42.6 Å². The number of fused-ring (bicyclic) bond motifs is 1. The normalized spacial score (nSPS) is 11.5. The molecule has 162 valence electrons. The summed E-state index contributed by atoms with van der Waals surface area (Å²) < 4.78 is 1.81. The van der Waals surface area contributed by atoms with Gasteiger partial charge in [0.1, 0.15) is 0 Å². The molecule has 0 saturated heterocycles. The number of carbonyl (C=O) groups excluding carboxylic acids is 2. The molecule has 0 bridgehead atoms. The van der Waals surface area contributed by atoms with E-state index in [0.29, 0.717) is 23.7 Å². The maximum absolute atomic E-state index is 12.2. The number of aromatic nitrogens is 1. The van der Waals surface area contributed by atoms with Gasteiger partial charge in [0, 0.05) is 30.5 Å². The van der Waals surface area contributed by atoms with Crippen molar-refractivity contribution in [2.75, 3.05) is 6.54 Å². The summed E-state index contributed by atoms with van der Waals surface area (Å²) in [5, 5.41) is 22.0. The van der Waals surface area contributed by atoms with Gasteiger partial charge in [-0.05, 0) is 43.5 Å². The summed E-state index contributed by atoms with van der Waals surface area (Å²) in [6.45, 7) is 7.03. The molecular weight excluding hydrogens is 392 g/mol. The zero-order chi connectivity index (χ0) is 22.4. The van der Waals surface area contributed by atoms with Crippen LogP contribution in [-0.2, 0) is 11.3 Å². The molecule has 0 fully saturated rings. The second-order valence-electron chi connectivity index (χ2n) is 7.99. The third-order valence-electron chi connectivity index (χ3n) is 5.02. The summed E-state index contributed by atoms with van der Waals surface area (Å²) in [6, 6.07) is 14.7. The van der Waals surface area contributed by atoms with Gasteiger partial charge in [-0.3, -0.25) is 9.59 Å². The van der Waals surface area contributed by atoms with Gasteiger partial charge in [-0.2, -0.15) is 0 Å². The Bertz CT molecular complexity index is 1100. The summed E-state index contributed by atoms with van der Waals surface area (Å²) in [5.41, 5.74) is 2.72. The van der Waals surface area contributed by atoms with Crippen molar-refractivity contribution >= 4 is 28.4 Å². The van der Waals surface area contributed by atoms with E-state index in [2.05, 4.69) is 29.4 Å². The Morgan fingerprint density at radius 1 is 1.13 bits per heavy atom. The fourth-order valence-electron chi connectivity index (χ4n) is 3.28. The van der Waals surface area contributed by atoms with Crippen molar-refractivity contribution in [1.29, 1.82) is 0 Å². The van der Waals surface area contributed by atoms with Gasteiger partial charge in [0.2, 0.25) is 5.88 Å². The molecule has 0 saturated carbocycles. The van der Waals surface area contributed by atoms with Crippen molar-refractivity contribution in [2.45, 2.75) is 40.2 Å². The number of hydrogen-bond donors (Lipinski definition) is 2. The fraction of sp³-hybridized carbons (Fsp3) is 0.333. The fourth-order valence-corrected chi connectivity index (χ4v) is 3.28. The Balaban J connectivity index is 1.70. The van der Waals surface area contributed by atoms with E-state index < -0.39 is 5.91 Å². The van der Waals surface area contributed by atoms with Crippen molar-refractivity contribution in [3.05, 3.63) is 59.7 Å². The predicted octanol–water partition coefficient (Wildman–Crippen LogP) is 5.13. The Kier molecular flexibility index (Phi) is 7.18. The first-order valence-electron chi connectivity index (χ1n) is 10.5. The third-order valence-corrected chi connectivity index (χ3v) is 5.02. The van der Waals surface area contributed by atoms with Crippen LogP contribution in [0.2, 0.25) is 0 Å². The molecule has 7 nitrogen and oxygen atoms in total. The lowest BCUT2D eigenvalue weighted by atomic mass is 10.1. The van der Waals surface area contributed by atoms with E-state index in [1.807, 2.05) is 35.8 Å². The van der Waals surface area contributed by atoms with Gasteiger partial charge in [0.25, 0.3) is 11.8 Å². The summed E-state index contributed by atoms with van der Waals surface area (Å²) in [4.78, 5) is 24.2. The van der Waals surface area contributed by atoms with Crippen LogP contribution in [-0.4, -0.2) is 28.0 Å². The minimum Gasteiger partial charge on any atom is -0.493 e. The standard InChI is InChI=1S/C24H28N4O3/c1-16(2)12-14-28-20-10-9-17(3)15-19(20)22(24(28)31)27-26-21(29)11-13-25-23(30)18-7-5-4-6-8-18/h4-10,15-16,31H,11-14H2,1-3H3,(H,25,30). The highest BCUT2D eigenvalue weighted by Crippen LogP contribution is 2.39. The first-order valence-corrected chi connectivity index (χ1v) is 10.5. The minimum atomic E-state index is -0.469. The first kappa shape index (κ1) is 22.2. The van der Waals surface area contributed by atoms with E-state index >= 15 is 0 Å². The second-order valence-corrected chi connectivity index (χ2v) is 7.99. The van der Waals surface area contributed by atoms with Gasteiger partial charge in [0.15, 0.2) is 5.69 Å². The number of hydrogen-bond acceptors (Lipinski definition) is 4. The highest BCUT2D eigenvalue weighted by Gasteiger charge is 2.17. The zero-order valence-electron chi connectivity index (χ0n) is 18.1. The van der Waals surface area contributed by atoms with Gasteiger partial charge in [0.05, 0.1) is 5.52 Å². The average molecular weight is 421 g/mol. The maximum atomic E-state index is 12.2. The van der Waals surface area contributed by atoms with Crippen molar-refractivity contribution in [2.24, 2.45) is 16.1 Å². The van der Waals surface area contributed by atoms with E-state index in [-0.39, 0.29) is 24.8 Å². The molecule has 0 atom stereocenters. The van der Waals surface area contributed by atoms with E-state index in [1.165, 1.54) is 0 Å². The highest BCUT2D eigenvalue weighted by molar-refractivity contribution is 5.96. The SMILES string of the molecule is Cc1ccc2c(c1)c(N=NC(=O)CCNC(=O)c1ccccc1)c(O)n2CCC(C)C. The molecule has 2 amide bonds. The Labute approximate surface area is 181 Å². The second kappa shape index (κ2) is 10.0. The number of carbonyl (C=O) groups is 2. The molecule has 0 unspecified atom stereocenters. The lowest BCUT2D eigenvalue weighted by molar-refractivity contribution is -0.118. The molecule has 0 radical (unpaired) electrons.